The molecule has 3 heterocycles. The van der Waals surface area contributed by atoms with Crippen molar-refractivity contribution in [2.24, 2.45) is 4.99 Å². The number of piperidine rings is 1. The Morgan fingerprint density at radius 1 is 1.21 bits per heavy atom. The van der Waals surface area contributed by atoms with Gasteiger partial charge in [-0.15, -0.1) is 0 Å². The van der Waals surface area contributed by atoms with Crippen molar-refractivity contribution in [3.8, 4) is 0 Å². The molecule has 1 aromatic rings. The molecule has 3 fully saturated rings. The zero-order valence-corrected chi connectivity index (χ0v) is 23.5. The highest BCUT2D eigenvalue weighted by Gasteiger charge is 2.41. The van der Waals surface area contributed by atoms with E-state index < -0.39 is 27.4 Å². The molecule has 0 radical (unpaired) electrons. The molecule has 2 atom stereocenters. The average molecular weight is 550 g/mol. The van der Waals surface area contributed by atoms with Crippen molar-refractivity contribution in [3.63, 3.8) is 0 Å². The second-order valence-electron chi connectivity index (χ2n) is 10.4. The zero-order valence-electron chi connectivity index (χ0n) is 22.7. The van der Waals surface area contributed by atoms with Crippen LogP contribution in [0.15, 0.2) is 40.7 Å². The van der Waals surface area contributed by atoms with Gasteiger partial charge in [0.2, 0.25) is 5.91 Å². The number of hydrogen-bond donors (Lipinski definition) is 1. The van der Waals surface area contributed by atoms with Crippen LogP contribution in [0.2, 0.25) is 0 Å². The number of likely N-dealkylation sites (tertiary alicyclic amines) is 3. The highest BCUT2D eigenvalue weighted by atomic mass is 32.2. The van der Waals surface area contributed by atoms with E-state index in [2.05, 4.69) is 28.6 Å². The third-order valence-corrected chi connectivity index (χ3v) is 9.20. The Labute approximate surface area is 225 Å². The molecule has 4 rings (SSSR count). The number of carbonyl (C=O) groups is 1. The molecule has 0 aliphatic carbocycles. The lowest BCUT2D eigenvalue weighted by atomic mass is 9.97. The molecule has 3 saturated heterocycles. The molecule has 9 nitrogen and oxygen atoms in total. The van der Waals surface area contributed by atoms with E-state index in [0.717, 1.165) is 70.6 Å². The number of amides is 1. The number of rotatable bonds is 8. The fraction of sp³-hybridized carbons (Fsp3) is 0.630. The monoisotopic (exact) mass is 549 g/mol. The number of hydrogen-bond acceptors (Lipinski definition) is 7. The standard InChI is InChI=1S/C27H40FN5O4S/c1-5-27(6-2,30-26(37-3)31-14-7-8-15-31)32-16-11-20(12-17-32)33-18-13-24(25(33)34)29-23-10-9-21(19-22(23)28)38(4,35)36/h5,9-10,19-20,24,29H,1,6-8,11-18H2,2-4H3/b30-26-/t24-,27?/m0/s1. The molecule has 11 heteroatoms. The topological polar surface area (TPSA) is 94.6 Å². The van der Waals surface area contributed by atoms with Gasteiger partial charge in [-0.25, -0.2) is 17.8 Å². The van der Waals surface area contributed by atoms with E-state index in [1.807, 2.05) is 11.0 Å². The van der Waals surface area contributed by atoms with Gasteiger partial charge in [0.25, 0.3) is 6.02 Å². The molecule has 3 aliphatic heterocycles. The molecule has 3 aliphatic rings. The third kappa shape index (κ3) is 5.83. The summed E-state index contributed by atoms with van der Waals surface area (Å²) in [6, 6.07) is 3.96. The summed E-state index contributed by atoms with van der Waals surface area (Å²) >= 11 is 0. The van der Waals surface area contributed by atoms with E-state index >= 15 is 0 Å². The number of ether oxygens (including phenoxy) is 1. The third-order valence-electron chi connectivity index (χ3n) is 8.09. The van der Waals surface area contributed by atoms with E-state index in [1.54, 1.807) is 7.11 Å². The summed E-state index contributed by atoms with van der Waals surface area (Å²) in [5.41, 5.74) is -0.427. The molecular formula is C27H40FN5O4S. The number of nitrogens with one attached hydrogen (secondary N) is 1. The van der Waals surface area contributed by atoms with Crippen molar-refractivity contribution in [3.05, 3.63) is 36.7 Å². The minimum absolute atomic E-state index is 0.0470. The highest BCUT2D eigenvalue weighted by molar-refractivity contribution is 7.90. The zero-order chi connectivity index (χ0) is 27.5. The largest absolute Gasteiger partial charge is 0.468 e. The van der Waals surface area contributed by atoms with Crippen LogP contribution in [0, 0.1) is 5.82 Å². The van der Waals surface area contributed by atoms with Crippen LogP contribution in [0.25, 0.3) is 0 Å². The lowest BCUT2D eigenvalue weighted by Gasteiger charge is -2.44. The lowest BCUT2D eigenvalue weighted by molar-refractivity contribution is -0.131. The molecule has 0 spiro atoms. The van der Waals surface area contributed by atoms with Crippen molar-refractivity contribution in [1.82, 2.24) is 14.7 Å². The van der Waals surface area contributed by atoms with Crippen LogP contribution in [0.1, 0.15) is 45.4 Å². The molecule has 1 N–H and O–H groups in total. The quantitative estimate of drug-likeness (QED) is 0.303. The molecule has 0 saturated carbocycles. The van der Waals surface area contributed by atoms with Gasteiger partial charge in [-0.05, 0) is 62.8 Å². The number of methoxy groups -OCH3 is 1. The van der Waals surface area contributed by atoms with Crippen LogP contribution in [0.3, 0.4) is 0 Å². The lowest BCUT2D eigenvalue weighted by Crippen LogP contribution is -2.54. The summed E-state index contributed by atoms with van der Waals surface area (Å²) in [7, 11) is -1.84. The van der Waals surface area contributed by atoms with Crippen LogP contribution in [0.5, 0.6) is 0 Å². The Bertz CT molecular complexity index is 1160. The van der Waals surface area contributed by atoms with Crippen molar-refractivity contribution in [2.75, 3.05) is 51.4 Å². The first-order valence-corrected chi connectivity index (χ1v) is 15.3. The normalized spacial score (nSPS) is 23.5. The number of amidine groups is 1. The first-order valence-electron chi connectivity index (χ1n) is 13.5. The summed E-state index contributed by atoms with van der Waals surface area (Å²) < 4.78 is 43.6. The van der Waals surface area contributed by atoms with Crippen LogP contribution in [-0.2, 0) is 19.4 Å². The maximum atomic E-state index is 14.6. The van der Waals surface area contributed by atoms with Gasteiger partial charge in [-0.3, -0.25) is 9.69 Å². The van der Waals surface area contributed by atoms with Gasteiger partial charge in [0, 0.05) is 45.0 Å². The Kier molecular flexibility index (Phi) is 8.66. The minimum Gasteiger partial charge on any atom is -0.468 e. The van der Waals surface area contributed by atoms with Gasteiger partial charge >= 0.3 is 0 Å². The highest BCUT2D eigenvalue weighted by Crippen LogP contribution is 2.32. The van der Waals surface area contributed by atoms with Gasteiger partial charge in [-0.2, -0.15) is 0 Å². The first kappa shape index (κ1) is 28.4. The number of sulfone groups is 1. The molecule has 1 amide bonds. The van der Waals surface area contributed by atoms with Crippen LogP contribution >= 0.6 is 0 Å². The summed E-state index contributed by atoms with van der Waals surface area (Å²) in [5, 5.41) is 2.99. The van der Waals surface area contributed by atoms with E-state index in [9.17, 15) is 17.6 Å². The summed E-state index contributed by atoms with van der Waals surface area (Å²) in [6.07, 6.45) is 8.18. The van der Waals surface area contributed by atoms with Gasteiger partial charge < -0.3 is 19.9 Å². The van der Waals surface area contributed by atoms with E-state index in [1.165, 1.54) is 12.1 Å². The Morgan fingerprint density at radius 3 is 2.45 bits per heavy atom. The number of nitrogens with zero attached hydrogens (tertiary/aromatic N) is 4. The average Bonchev–Trinajstić information content (AvgIpc) is 3.57. The van der Waals surface area contributed by atoms with Crippen molar-refractivity contribution in [2.45, 2.75) is 68.1 Å². The number of carbonyl (C=O) groups excluding carboxylic acids is 1. The predicted molar refractivity (Wildman–Crippen MR) is 146 cm³/mol. The van der Waals surface area contributed by atoms with E-state index in [4.69, 9.17) is 9.73 Å². The number of aliphatic imine (C=N–C) groups is 1. The molecule has 1 aromatic carbocycles. The fourth-order valence-electron chi connectivity index (χ4n) is 5.81. The predicted octanol–water partition coefficient (Wildman–Crippen LogP) is 3.10. The summed E-state index contributed by atoms with van der Waals surface area (Å²) in [6.45, 7) is 10.3. The Hall–Kier alpha value is -2.66. The molecule has 0 aromatic heterocycles. The number of benzene rings is 1. The van der Waals surface area contributed by atoms with Crippen molar-refractivity contribution in [1.29, 1.82) is 0 Å². The van der Waals surface area contributed by atoms with Crippen LogP contribution in [-0.4, -0.2) is 98.9 Å². The van der Waals surface area contributed by atoms with Crippen LogP contribution in [0.4, 0.5) is 10.1 Å². The fourth-order valence-corrected chi connectivity index (χ4v) is 6.44. The second kappa shape index (κ2) is 11.6. The maximum absolute atomic E-state index is 14.6. The Balaban J connectivity index is 1.39. The first-order chi connectivity index (χ1) is 18.1. The maximum Gasteiger partial charge on any atom is 0.289 e. The minimum atomic E-state index is -3.51. The Morgan fingerprint density at radius 2 is 1.89 bits per heavy atom. The number of halogens is 1. The van der Waals surface area contributed by atoms with Crippen molar-refractivity contribution < 1.29 is 22.3 Å². The van der Waals surface area contributed by atoms with Crippen LogP contribution < -0.4 is 5.32 Å². The van der Waals surface area contributed by atoms with Gasteiger partial charge in [0.15, 0.2) is 9.84 Å². The SMILES string of the molecule is C=CC(CC)(/N=C(\OC)N1CCCC1)N1CCC(N2CC[C@H](Nc3ccc(S(C)(=O)=O)cc3F)C2=O)CC1. The van der Waals surface area contributed by atoms with Gasteiger partial charge in [0.1, 0.15) is 17.5 Å². The second-order valence-corrected chi connectivity index (χ2v) is 12.4. The molecule has 0 bridgehead atoms. The molecule has 38 heavy (non-hydrogen) atoms. The van der Waals surface area contributed by atoms with E-state index in [-0.39, 0.29) is 22.5 Å². The molecular weight excluding hydrogens is 509 g/mol. The summed E-state index contributed by atoms with van der Waals surface area (Å²) in [4.78, 5) is 24.6. The smallest absolute Gasteiger partial charge is 0.289 e. The number of anilines is 1. The molecule has 210 valence electrons. The molecule has 1 unspecified atom stereocenters. The van der Waals surface area contributed by atoms with Crippen molar-refractivity contribution >= 4 is 27.5 Å². The van der Waals surface area contributed by atoms with Gasteiger partial charge in [0.05, 0.1) is 17.7 Å². The van der Waals surface area contributed by atoms with Gasteiger partial charge in [-0.1, -0.05) is 13.5 Å². The van der Waals surface area contributed by atoms with E-state index in [0.29, 0.717) is 19.0 Å². The summed E-state index contributed by atoms with van der Waals surface area (Å²) in [5.74, 6) is -0.730.